The third-order valence-electron chi connectivity index (χ3n) is 5.05. The molecule has 0 radical (unpaired) electrons. The van der Waals surface area contributed by atoms with E-state index in [1.54, 1.807) is 6.07 Å². The number of rotatable bonds is 6. The van der Waals surface area contributed by atoms with Gasteiger partial charge in [0.15, 0.2) is 0 Å². The summed E-state index contributed by atoms with van der Waals surface area (Å²) >= 11 is 0. The number of ether oxygens (including phenoxy) is 2. The van der Waals surface area contributed by atoms with Crippen molar-refractivity contribution in [3.63, 3.8) is 0 Å². The van der Waals surface area contributed by atoms with Crippen LogP contribution in [0.25, 0.3) is 22.1 Å². The highest BCUT2D eigenvalue weighted by molar-refractivity contribution is 5.85. The Morgan fingerprint density at radius 2 is 1.74 bits per heavy atom. The van der Waals surface area contributed by atoms with E-state index in [1.807, 2.05) is 0 Å². The number of nitro groups is 1. The molecule has 174 valence electrons. The minimum absolute atomic E-state index is 0.000834. The van der Waals surface area contributed by atoms with Gasteiger partial charge in [-0.05, 0) is 35.9 Å². The second kappa shape index (κ2) is 8.89. The molecule has 4 rings (SSSR count). The number of hydrogen-bond donors (Lipinski definition) is 0. The van der Waals surface area contributed by atoms with Crippen molar-refractivity contribution in [2.24, 2.45) is 0 Å². The number of nitro benzene ring substituents is 1. The molecular formula is C24H16F3NO6. The maximum atomic E-state index is 13.9. The van der Waals surface area contributed by atoms with Crippen molar-refractivity contribution in [2.45, 2.75) is 12.8 Å². The number of benzene rings is 3. The molecule has 0 atom stereocenters. The minimum atomic E-state index is -4.95. The van der Waals surface area contributed by atoms with Crippen LogP contribution >= 0.6 is 0 Å². The summed E-state index contributed by atoms with van der Waals surface area (Å²) in [6.07, 6.45) is -4.95. The number of fused-ring (bicyclic) bond motifs is 1. The highest BCUT2D eigenvalue weighted by atomic mass is 19.4. The summed E-state index contributed by atoms with van der Waals surface area (Å²) in [5.41, 5.74) is -1.31. The van der Waals surface area contributed by atoms with E-state index in [0.29, 0.717) is 5.56 Å². The first-order valence-electron chi connectivity index (χ1n) is 9.86. The Morgan fingerprint density at radius 3 is 2.38 bits per heavy atom. The van der Waals surface area contributed by atoms with Gasteiger partial charge in [-0.1, -0.05) is 18.2 Å². The monoisotopic (exact) mass is 471 g/mol. The molecule has 0 aliphatic carbocycles. The lowest BCUT2D eigenvalue weighted by Gasteiger charge is -2.15. The third kappa shape index (κ3) is 4.42. The smallest absolute Gasteiger partial charge is 0.450 e. The summed E-state index contributed by atoms with van der Waals surface area (Å²) in [5, 5.41) is 10.7. The zero-order valence-electron chi connectivity index (χ0n) is 17.6. The van der Waals surface area contributed by atoms with Crippen molar-refractivity contribution in [2.75, 3.05) is 7.11 Å². The van der Waals surface area contributed by atoms with Crippen LogP contribution in [0.3, 0.4) is 0 Å². The van der Waals surface area contributed by atoms with Crippen LogP contribution in [0, 0.1) is 10.1 Å². The van der Waals surface area contributed by atoms with E-state index in [9.17, 15) is 28.1 Å². The van der Waals surface area contributed by atoms with E-state index in [2.05, 4.69) is 0 Å². The third-order valence-corrected chi connectivity index (χ3v) is 5.05. The molecule has 0 spiro atoms. The van der Waals surface area contributed by atoms with Crippen molar-refractivity contribution in [3.8, 4) is 22.6 Å². The fourth-order valence-electron chi connectivity index (χ4n) is 3.44. The lowest BCUT2D eigenvalue weighted by molar-refractivity contribution is -0.384. The zero-order valence-corrected chi connectivity index (χ0v) is 17.6. The van der Waals surface area contributed by atoms with Crippen molar-refractivity contribution in [1.29, 1.82) is 0 Å². The molecule has 7 nitrogen and oxygen atoms in total. The summed E-state index contributed by atoms with van der Waals surface area (Å²) in [7, 11) is 1.29. The van der Waals surface area contributed by atoms with Gasteiger partial charge in [0.2, 0.25) is 11.2 Å². The van der Waals surface area contributed by atoms with Crippen molar-refractivity contribution in [3.05, 3.63) is 98.4 Å². The number of non-ortho nitro benzene ring substituents is 1. The molecule has 0 aliphatic heterocycles. The van der Waals surface area contributed by atoms with Crippen LogP contribution < -0.4 is 14.9 Å². The predicted octanol–water partition coefficient (Wildman–Crippen LogP) is 5.97. The van der Waals surface area contributed by atoms with Gasteiger partial charge in [0.05, 0.1) is 23.0 Å². The van der Waals surface area contributed by atoms with Crippen LogP contribution in [-0.4, -0.2) is 12.0 Å². The van der Waals surface area contributed by atoms with Crippen LogP contribution in [-0.2, 0) is 12.8 Å². The fraction of sp³-hybridized carbons (Fsp3) is 0.125. The Morgan fingerprint density at radius 1 is 1.03 bits per heavy atom. The van der Waals surface area contributed by atoms with E-state index in [4.69, 9.17) is 13.9 Å². The van der Waals surface area contributed by atoms with Gasteiger partial charge in [0, 0.05) is 23.8 Å². The first-order chi connectivity index (χ1) is 16.2. The largest absolute Gasteiger partial charge is 0.496 e. The molecule has 0 saturated carbocycles. The van der Waals surface area contributed by atoms with Gasteiger partial charge in [-0.25, -0.2) is 0 Å². The maximum absolute atomic E-state index is 13.9. The number of halogens is 3. The van der Waals surface area contributed by atoms with Crippen molar-refractivity contribution >= 4 is 16.7 Å². The first-order valence-corrected chi connectivity index (χ1v) is 9.86. The maximum Gasteiger partial charge on any atom is 0.450 e. The molecule has 4 aromatic rings. The standard InChI is InChI=1S/C24H16F3NO6/c1-32-19-5-3-2-4-17(19)21-22(29)18-11-10-16(12-20(18)34-23(21)24(25,26)27)33-13-14-6-8-15(9-7-14)28(30)31/h2-12H,13H2,1H3. The summed E-state index contributed by atoms with van der Waals surface area (Å²) < 4.78 is 57.6. The van der Waals surface area contributed by atoms with Crippen molar-refractivity contribution < 1.29 is 32.0 Å². The van der Waals surface area contributed by atoms with Gasteiger partial charge >= 0.3 is 6.18 Å². The molecule has 0 fully saturated rings. The molecule has 0 N–H and O–H groups in total. The molecular weight excluding hydrogens is 455 g/mol. The molecule has 0 bridgehead atoms. The highest BCUT2D eigenvalue weighted by Crippen LogP contribution is 2.40. The number of hydrogen-bond acceptors (Lipinski definition) is 6. The second-order valence-electron chi connectivity index (χ2n) is 7.20. The molecule has 1 aromatic heterocycles. The Hall–Kier alpha value is -4.34. The zero-order chi connectivity index (χ0) is 24.5. The lowest BCUT2D eigenvalue weighted by atomic mass is 10.0. The van der Waals surface area contributed by atoms with Gasteiger partial charge in [-0.15, -0.1) is 0 Å². The molecule has 34 heavy (non-hydrogen) atoms. The number of nitrogens with zero attached hydrogens (tertiary/aromatic N) is 1. The second-order valence-corrected chi connectivity index (χ2v) is 7.20. The fourth-order valence-corrected chi connectivity index (χ4v) is 3.44. The molecule has 0 unspecified atom stereocenters. The quantitative estimate of drug-likeness (QED) is 0.254. The molecule has 0 amide bonds. The van der Waals surface area contributed by atoms with Crippen LogP contribution in [0.15, 0.2) is 75.9 Å². The van der Waals surface area contributed by atoms with E-state index >= 15 is 0 Å². The van der Waals surface area contributed by atoms with E-state index < -0.39 is 27.9 Å². The van der Waals surface area contributed by atoms with E-state index in [-0.39, 0.29) is 40.3 Å². The summed E-state index contributed by atoms with van der Waals surface area (Å²) in [6, 6.07) is 15.5. The summed E-state index contributed by atoms with van der Waals surface area (Å²) in [6.45, 7) is -0.000834. The van der Waals surface area contributed by atoms with Gasteiger partial charge in [0.25, 0.3) is 5.69 Å². The Bertz CT molecular complexity index is 1430. The highest BCUT2D eigenvalue weighted by Gasteiger charge is 2.40. The Kier molecular flexibility index (Phi) is 5.97. The SMILES string of the molecule is COc1ccccc1-c1c(C(F)(F)F)oc2cc(OCc3ccc([N+](=O)[O-])cc3)ccc2c1=O. The van der Waals surface area contributed by atoms with Crippen LogP contribution in [0.4, 0.5) is 18.9 Å². The van der Waals surface area contributed by atoms with Gasteiger partial charge in [0.1, 0.15) is 23.7 Å². The molecule has 1 heterocycles. The van der Waals surface area contributed by atoms with E-state index in [1.165, 1.54) is 67.8 Å². The van der Waals surface area contributed by atoms with Crippen LogP contribution in [0.1, 0.15) is 11.3 Å². The van der Waals surface area contributed by atoms with Gasteiger partial charge in [-0.2, -0.15) is 13.2 Å². The molecule has 10 heteroatoms. The number of para-hydroxylation sites is 1. The molecule has 3 aromatic carbocycles. The number of methoxy groups -OCH3 is 1. The number of alkyl halides is 3. The molecule has 0 aliphatic rings. The van der Waals surface area contributed by atoms with Crippen LogP contribution in [0.5, 0.6) is 11.5 Å². The average molecular weight is 471 g/mol. The Labute approximate surface area is 190 Å². The van der Waals surface area contributed by atoms with Crippen molar-refractivity contribution in [1.82, 2.24) is 0 Å². The minimum Gasteiger partial charge on any atom is -0.496 e. The predicted molar refractivity (Wildman–Crippen MR) is 117 cm³/mol. The normalized spacial score (nSPS) is 11.4. The average Bonchev–Trinajstić information content (AvgIpc) is 2.82. The van der Waals surface area contributed by atoms with Gasteiger partial charge < -0.3 is 13.9 Å². The summed E-state index contributed by atoms with van der Waals surface area (Å²) in [4.78, 5) is 23.3. The summed E-state index contributed by atoms with van der Waals surface area (Å²) in [5.74, 6) is -1.18. The lowest BCUT2D eigenvalue weighted by Crippen LogP contribution is -2.16. The first kappa shape index (κ1) is 22.8. The van der Waals surface area contributed by atoms with Gasteiger partial charge in [-0.3, -0.25) is 14.9 Å². The van der Waals surface area contributed by atoms with E-state index in [0.717, 1.165) is 0 Å². The Balaban J connectivity index is 1.75. The molecule has 0 saturated heterocycles. The van der Waals surface area contributed by atoms with Crippen LogP contribution in [0.2, 0.25) is 0 Å². The topological polar surface area (TPSA) is 91.8 Å².